The number of thiol groups is 1. The zero-order valence-corrected chi connectivity index (χ0v) is 11.1. The molecule has 0 aromatic carbocycles. The van der Waals surface area contributed by atoms with Gasteiger partial charge in [0.1, 0.15) is 0 Å². The van der Waals surface area contributed by atoms with Crippen molar-refractivity contribution in [1.82, 2.24) is 4.90 Å². The van der Waals surface area contributed by atoms with E-state index in [1.54, 1.807) is 0 Å². The molecule has 1 aliphatic carbocycles. The molecular weight excluding hydrogens is 218 g/mol. The normalized spacial score (nSPS) is 28.2. The van der Waals surface area contributed by atoms with E-state index in [1.807, 2.05) is 0 Å². The van der Waals surface area contributed by atoms with E-state index in [9.17, 15) is 4.79 Å². The van der Waals surface area contributed by atoms with Crippen molar-refractivity contribution in [2.75, 3.05) is 18.8 Å². The summed E-state index contributed by atoms with van der Waals surface area (Å²) in [5, 5.41) is 0. The molecule has 0 spiro atoms. The first kappa shape index (κ1) is 12.3. The summed E-state index contributed by atoms with van der Waals surface area (Å²) < 4.78 is 0. The van der Waals surface area contributed by atoms with Crippen LogP contribution in [-0.2, 0) is 4.79 Å². The van der Waals surface area contributed by atoms with Gasteiger partial charge in [-0.1, -0.05) is 19.8 Å². The summed E-state index contributed by atoms with van der Waals surface area (Å²) in [5.74, 6) is 1.94. The van der Waals surface area contributed by atoms with Crippen molar-refractivity contribution in [3.8, 4) is 0 Å². The smallest absolute Gasteiger partial charge is 0.222 e. The van der Waals surface area contributed by atoms with E-state index < -0.39 is 0 Å². The lowest BCUT2D eigenvalue weighted by Gasteiger charge is -2.43. The van der Waals surface area contributed by atoms with Crippen LogP contribution < -0.4 is 0 Å². The number of hydrogen-bond acceptors (Lipinski definition) is 2. The zero-order chi connectivity index (χ0) is 11.6. The molecule has 92 valence electrons. The van der Waals surface area contributed by atoms with Gasteiger partial charge in [0.05, 0.1) is 0 Å². The summed E-state index contributed by atoms with van der Waals surface area (Å²) in [4.78, 5) is 14.0. The van der Waals surface area contributed by atoms with Crippen molar-refractivity contribution in [1.29, 1.82) is 0 Å². The molecule has 1 aliphatic heterocycles. The van der Waals surface area contributed by atoms with Crippen LogP contribution in [0.2, 0.25) is 0 Å². The minimum absolute atomic E-state index is 0.361. The second-order valence-electron chi connectivity index (χ2n) is 5.64. The minimum Gasteiger partial charge on any atom is -0.342 e. The van der Waals surface area contributed by atoms with E-state index in [0.29, 0.717) is 17.2 Å². The summed E-state index contributed by atoms with van der Waals surface area (Å²) in [6.07, 6.45) is 7.04. The van der Waals surface area contributed by atoms with Gasteiger partial charge in [0.25, 0.3) is 0 Å². The molecule has 0 bridgehead atoms. The highest BCUT2D eigenvalue weighted by Gasteiger charge is 2.40. The van der Waals surface area contributed by atoms with Crippen molar-refractivity contribution in [3.63, 3.8) is 0 Å². The molecule has 0 aromatic heterocycles. The lowest BCUT2D eigenvalue weighted by atomic mass is 9.70. The Morgan fingerprint density at radius 2 is 2.25 bits per heavy atom. The predicted molar refractivity (Wildman–Crippen MR) is 69.7 cm³/mol. The number of amides is 1. The van der Waals surface area contributed by atoms with Crippen LogP contribution in [0.15, 0.2) is 0 Å². The Labute approximate surface area is 104 Å². The van der Waals surface area contributed by atoms with Crippen LogP contribution in [0.25, 0.3) is 0 Å². The molecule has 1 unspecified atom stereocenters. The monoisotopic (exact) mass is 241 g/mol. The molecular formula is C13H23NOS. The molecule has 0 N–H and O–H groups in total. The average molecular weight is 241 g/mol. The Morgan fingerprint density at radius 3 is 2.75 bits per heavy atom. The lowest BCUT2D eigenvalue weighted by Crippen LogP contribution is -2.44. The maximum absolute atomic E-state index is 11.9. The Kier molecular flexibility index (Phi) is 3.83. The molecule has 3 heteroatoms. The average Bonchev–Trinajstić information content (AvgIpc) is 2.53. The fourth-order valence-corrected chi connectivity index (χ4v) is 3.47. The van der Waals surface area contributed by atoms with Gasteiger partial charge in [-0.15, -0.1) is 0 Å². The molecule has 0 radical (unpaired) electrons. The predicted octanol–water partition coefficient (Wildman–Crippen LogP) is 2.74. The topological polar surface area (TPSA) is 20.3 Å². The molecule has 2 aliphatic rings. The molecule has 16 heavy (non-hydrogen) atoms. The quantitative estimate of drug-likeness (QED) is 0.734. The maximum atomic E-state index is 11.9. The standard InChI is InChI=1S/C13H23NOS/c1-2-4-11-7-12(15)14(8-11)9-13(10-16)5-3-6-13/h11,16H,2-10H2,1H3. The van der Waals surface area contributed by atoms with Gasteiger partial charge in [0.15, 0.2) is 0 Å². The summed E-state index contributed by atoms with van der Waals surface area (Å²) in [6, 6.07) is 0. The van der Waals surface area contributed by atoms with Crippen molar-refractivity contribution in [3.05, 3.63) is 0 Å². The molecule has 1 saturated carbocycles. The second kappa shape index (κ2) is 4.99. The van der Waals surface area contributed by atoms with Gasteiger partial charge in [-0.25, -0.2) is 0 Å². The summed E-state index contributed by atoms with van der Waals surface area (Å²) in [6.45, 7) is 4.17. The summed E-state index contributed by atoms with van der Waals surface area (Å²) in [7, 11) is 0. The Hall–Kier alpha value is -0.180. The van der Waals surface area contributed by atoms with E-state index >= 15 is 0 Å². The third-order valence-corrected chi connectivity index (χ3v) is 4.94. The molecule has 1 amide bonds. The maximum Gasteiger partial charge on any atom is 0.222 e. The molecule has 1 heterocycles. The van der Waals surface area contributed by atoms with Crippen LogP contribution in [0.1, 0.15) is 45.4 Å². The highest BCUT2D eigenvalue weighted by atomic mass is 32.1. The van der Waals surface area contributed by atoms with Crippen LogP contribution >= 0.6 is 12.6 Å². The van der Waals surface area contributed by atoms with Gasteiger partial charge in [-0.2, -0.15) is 12.6 Å². The molecule has 2 nitrogen and oxygen atoms in total. The largest absolute Gasteiger partial charge is 0.342 e. The minimum atomic E-state index is 0.361. The number of carbonyl (C=O) groups is 1. The third-order valence-electron chi connectivity index (χ3n) is 4.27. The third kappa shape index (κ3) is 2.39. The molecule has 2 rings (SSSR count). The van der Waals surface area contributed by atoms with Gasteiger partial charge >= 0.3 is 0 Å². The Bertz CT molecular complexity index is 257. The van der Waals surface area contributed by atoms with E-state index in [-0.39, 0.29) is 0 Å². The molecule has 1 saturated heterocycles. The fraction of sp³-hybridized carbons (Fsp3) is 0.923. The first-order valence-electron chi connectivity index (χ1n) is 6.58. The van der Waals surface area contributed by atoms with Gasteiger partial charge < -0.3 is 4.90 Å². The van der Waals surface area contributed by atoms with Gasteiger partial charge in [0.2, 0.25) is 5.91 Å². The van der Waals surface area contributed by atoms with Crippen molar-refractivity contribution < 1.29 is 4.79 Å². The van der Waals surface area contributed by atoms with Crippen LogP contribution in [0.3, 0.4) is 0 Å². The molecule has 0 aromatic rings. The zero-order valence-electron chi connectivity index (χ0n) is 10.2. The van der Waals surface area contributed by atoms with Crippen LogP contribution in [-0.4, -0.2) is 29.6 Å². The van der Waals surface area contributed by atoms with E-state index in [0.717, 1.165) is 25.3 Å². The van der Waals surface area contributed by atoms with Gasteiger partial charge in [-0.3, -0.25) is 4.79 Å². The summed E-state index contributed by atoms with van der Waals surface area (Å²) in [5.41, 5.74) is 0.361. The van der Waals surface area contributed by atoms with Crippen molar-refractivity contribution in [2.24, 2.45) is 11.3 Å². The first-order valence-corrected chi connectivity index (χ1v) is 7.21. The number of carbonyl (C=O) groups excluding carboxylic acids is 1. The van der Waals surface area contributed by atoms with Crippen molar-refractivity contribution in [2.45, 2.75) is 45.4 Å². The van der Waals surface area contributed by atoms with Crippen LogP contribution in [0, 0.1) is 11.3 Å². The SMILES string of the molecule is CCCC1CC(=O)N(CC2(CS)CCC2)C1. The Morgan fingerprint density at radius 1 is 1.50 bits per heavy atom. The van der Waals surface area contributed by atoms with Gasteiger partial charge in [-0.05, 0) is 36.3 Å². The van der Waals surface area contributed by atoms with E-state index in [1.165, 1.54) is 32.1 Å². The summed E-state index contributed by atoms with van der Waals surface area (Å²) >= 11 is 4.46. The van der Waals surface area contributed by atoms with Gasteiger partial charge in [0, 0.05) is 19.5 Å². The van der Waals surface area contributed by atoms with E-state index in [4.69, 9.17) is 0 Å². The number of hydrogen-bond donors (Lipinski definition) is 1. The van der Waals surface area contributed by atoms with E-state index in [2.05, 4.69) is 24.5 Å². The number of rotatable bonds is 5. The lowest BCUT2D eigenvalue weighted by molar-refractivity contribution is -0.129. The fourth-order valence-electron chi connectivity index (χ4n) is 3.06. The van der Waals surface area contributed by atoms with Crippen LogP contribution in [0.4, 0.5) is 0 Å². The van der Waals surface area contributed by atoms with Crippen LogP contribution in [0.5, 0.6) is 0 Å². The second-order valence-corrected chi connectivity index (χ2v) is 5.96. The molecule has 2 fully saturated rings. The van der Waals surface area contributed by atoms with Crippen molar-refractivity contribution >= 4 is 18.5 Å². The highest BCUT2D eigenvalue weighted by Crippen LogP contribution is 2.43. The highest BCUT2D eigenvalue weighted by molar-refractivity contribution is 7.80. The molecule has 1 atom stereocenters. The first-order chi connectivity index (χ1) is 7.69. The number of likely N-dealkylation sites (tertiary alicyclic amines) is 1. The Balaban J connectivity index is 1.88. The number of nitrogens with zero attached hydrogens (tertiary/aromatic N) is 1.